The molecule has 0 aliphatic carbocycles. The molecule has 1 aliphatic rings. The van der Waals surface area contributed by atoms with E-state index in [9.17, 15) is 9.59 Å². The van der Waals surface area contributed by atoms with E-state index in [1.54, 1.807) is 4.90 Å². The number of likely N-dealkylation sites (tertiary alicyclic amines) is 1. The first-order valence-corrected chi connectivity index (χ1v) is 10.2. The minimum absolute atomic E-state index is 0.0435. The Morgan fingerprint density at radius 3 is 2.70 bits per heavy atom. The topological polar surface area (TPSA) is 52.7 Å². The summed E-state index contributed by atoms with van der Waals surface area (Å²) in [6, 6.07) is 6.35. The SMILES string of the molecule is CC[C@H](C)N(CC(=O)Nc1cccc(C)c1C)C(=O)CN1CCCC[C@H]1C. The normalized spacial score (nSPS) is 18.8. The summed E-state index contributed by atoms with van der Waals surface area (Å²) in [5.41, 5.74) is 3.03. The van der Waals surface area contributed by atoms with Crippen LogP contribution in [0.3, 0.4) is 0 Å². The van der Waals surface area contributed by atoms with Crippen LogP contribution >= 0.6 is 0 Å². The van der Waals surface area contributed by atoms with Gasteiger partial charge in [-0.3, -0.25) is 14.5 Å². The van der Waals surface area contributed by atoms with Crippen LogP contribution in [0, 0.1) is 13.8 Å². The van der Waals surface area contributed by atoms with Crippen LogP contribution in [0.1, 0.15) is 57.6 Å². The number of amides is 2. The molecule has 5 heteroatoms. The average molecular weight is 374 g/mol. The molecule has 0 spiro atoms. The van der Waals surface area contributed by atoms with E-state index < -0.39 is 0 Å². The van der Waals surface area contributed by atoms with Crippen LogP contribution in [-0.2, 0) is 9.59 Å². The van der Waals surface area contributed by atoms with Gasteiger partial charge >= 0.3 is 0 Å². The number of nitrogens with zero attached hydrogens (tertiary/aromatic N) is 2. The molecule has 0 aromatic heterocycles. The smallest absolute Gasteiger partial charge is 0.244 e. The van der Waals surface area contributed by atoms with Gasteiger partial charge in [0.05, 0.1) is 6.54 Å². The van der Waals surface area contributed by atoms with Crippen molar-refractivity contribution in [2.24, 2.45) is 0 Å². The number of hydrogen-bond donors (Lipinski definition) is 1. The van der Waals surface area contributed by atoms with Gasteiger partial charge in [-0.15, -0.1) is 0 Å². The standard InChI is InChI=1S/C22H35N3O2/c1-6-17(3)25(22(27)15-24-13-8-7-11-18(24)4)14-21(26)23-20-12-9-10-16(2)19(20)5/h9-10,12,17-18H,6-8,11,13-15H2,1-5H3,(H,23,26)/t17-,18+/m0/s1. The molecule has 1 fully saturated rings. The molecule has 2 atom stereocenters. The Morgan fingerprint density at radius 1 is 1.30 bits per heavy atom. The van der Waals surface area contributed by atoms with Gasteiger partial charge < -0.3 is 10.2 Å². The quantitative estimate of drug-likeness (QED) is 0.792. The lowest BCUT2D eigenvalue weighted by Gasteiger charge is -2.36. The molecule has 0 radical (unpaired) electrons. The van der Waals surface area contributed by atoms with Crippen LogP contribution in [0.25, 0.3) is 0 Å². The summed E-state index contributed by atoms with van der Waals surface area (Å²) in [5.74, 6) is -0.0849. The average Bonchev–Trinajstić information content (AvgIpc) is 2.64. The van der Waals surface area contributed by atoms with Gasteiger partial charge in [-0.25, -0.2) is 0 Å². The predicted molar refractivity (Wildman–Crippen MR) is 111 cm³/mol. The number of nitrogens with one attached hydrogen (secondary N) is 1. The zero-order valence-electron chi connectivity index (χ0n) is 17.5. The van der Waals surface area contributed by atoms with E-state index in [1.807, 2.05) is 39.0 Å². The Labute approximate surface area is 164 Å². The molecule has 150 valence electrons. The van der Waals surface area contributed by atoms with Crippen LogP contribution < -0.4 is 5.32 Å². The van der Waals surface area contributed by atoms with Crippen molar-refractivity contribution < 1.29 is 9.59 Å². The lowest BCUT2D eigenvalue weighted by atomic mass is 10.0. The number of benzene rings is 1. The molecular formula is C22H35N3O2. The predicted octanol–water partition coefficient (Wildman–Crippen LogP) is 3.74. The highest BCUT2D eigenvalue weighted by Gasteiger charge is 2.26. The first kappa shape index (κ1) is 21.4. The fourth-order valence-corrected chi connectivity index (χ4v) is 3.60. The number of carbonyl (C=O) groups excluding carboxylic acids is 2. The highest BCUT2D eigenvalue weighted by molar-refractivity contribution is 5.95. The van der Waals surface area contributed by atoms with Gasteiger partial charge in [0.2, 0.25) is 11.8 Å². The lowest BCUT2D eigenvalue weighted by Crippen LogP contribution is -2.50. The zero-order valence-corrected chi connectivity index (χ0v) is 17.5. The Bertz CT molecular complexity index is 659. The van der Waals surface area contributed by atoms with Crippen LogP contribution in [-0.4, -0.2) is 53.3 Å². The largest absolute Gasteiger partial charge is 0.330 e. The van der Waals surface area contributed by atoms with Crippen LogP contribution in [0.4, 0.5) is 5.69 Å². The molecule has 1 aromatic rings. The third-order valence-corrected chi connectivity index (χ3v) is 5.91. The van der Waals surface area contributed by atoms with Crippen LogP contribution in [0.15, 0.2) is 18.2 Å². The maximum atomic E-state index is 13.0. The second kappa shape index (κ2) is 9.88. The van der Waals surface area contributed by atoms with Crippen molar-refractivity contribution in [1.82, 2.24) is 9.80 Å². The van der Waals surface area contributed by atoms with E-state index >= 15 is 0 Å². The fraction of sp³-hybridized carbons (Fsp3) is 0.636. The van der Waals surface area contributed by atoms with E-state index in [-0.39, 0.29) is 24.4 Å². The molecule has 5 nitrogen and oxygen atoms in total. The molecule has 27 heavy (non-hydrogen) atoms. The number of piperidine rings is 1. The second-order valence-electron chi connectivity index (χ2n) is 7.89. The summed E-state index contributed by atoms with van der Waals surface area (Å²) in [7, 11) is 0. The Balaban J connectivity index is 2.03. The molecule has 2 amide bonds. The van der Waals surface area contributed by atoms with E-state index in [2.05, 4.69) is 24.1 Å². The van der Waals surface area contributed by atoms with E-state index in [0.717, 1.165) is 42.6 Å². The Hall–Kier alpha value is -1.88. The molecule has 0 saturated carbocycles. The molecule has 1 saturated heterocycles. The summed E-state index contributed by atoms with van der Waals surface area (Å²) in [4.78, 5) is 29.6. The van der Waals surface area contributed by atoms with Crippen molar-refractivity contribution in [3.8, 4) is 0 Å². The number of aryl methyl sites for hydroxylation is 1. The van der Waals surface area contributed by atoms with E-state index in [4.69, 9.17) is 0 Å². The van der Waals surface area contributed by atoms with Gasteiger partial charge in [0, 0.05) is 17.8 Å². The fourth-order valence-electron chi connectivity index (χ4n) is 3.60. The number of hydrogen-bond acceptors (Lipinski definition) is 3. The highest BCUT2D eigenvalue weighted by Crippen LogP contribution is 2.19. The van der Waals surface area contributed by atoms with Gasteiger partial charge in [-0.05, 0) is 70.7 Å². The summed E-state index contributed by atoms with van der Waals surface area (Å²) in [5, 5.41) is 2.98. The maximum Gasteiger partial charge on any atom is 0.244 e. The molecule has 0 unspecified atom stereocenters. The van der Waals surface area contributed by atoms with E-state index in [0.29, 0.717) is 12.6 Å². The van der Waals surface area contributed by atoms with Crippen molar-refractivity contribution in [2.45, 2.75) is 72.4 Å². The van der Waals surface area contributed by atoms with E-state index in [1.165, 1.54) is 6.42 Å². The maximum absolute atomic E-state index is 13.0. The zero-order chi connectivity index (χ0) is 20.0. The third-order valence-electron chi connectivity index (χ3n) is 5.91. The van der Waals surface area contributed by atoms with Gasteiger partial charge in [-0.1, -0.05) is 25.5 Å². The van der Waals surface area contributed by atoms with Crippen LogP contribution in [0.5, 0.6) is 0 Å². The third kappa shape index (κ3) is 5.80. The summed E-state index contributed by atoms with van der Waals surface area (Å²) in [6.45, 7) is 11.8. The summed E-state index contributed by atoms with van der Waals surface area (Å²) in [6.07, 6.45) is 4.36. The molecule has 1 aromatic carbocycles. The van der Waals surface area contributed by atoms with Gasteiger partial charge in [0.1, 0.15) is 6.54 Å². The van der Waals surface area contributed by atoms with Crippen molar-refractivity contribution in [3.63, 3.8) is 0 Å². The number of anilines is 1. The van der Waals surface area contributed by atoms with Crippen molar-refractivity contribution >= 4 is 17.5 Å². The molecule has 1 N–H and O–H groups in total. The number of carbonyl (C=O) groups is 2. The van der Waals surface area contributed by atoms with Crippen molar-refractivity contribution in [2.75, 3.05) is 25.0 Å². The monoisotopic (exact) mass is 373 g/mol. The molecule has 1 aliphatic heterocycles. The lowest BCUT2D eigenvalue weighted by molar-refractivity contribution is -0.138. The Kier molecular flexibility index (Phi) is 7.84. The summed E-state index contributed by atoms with van der Waals surface area (Å²) < 4.78 is 0. The Morgan fingerprint density at radius 2 is 2.04 bits per heavy atom. The van der Waals surface area contributed by atoms with Crippen molar-refractivity contribution in [3.05, 3.63) is 29.3 Å². The molecule has 0 bridgehead atoms. The second-order valence-corrected chi connectivity index (χ2v) is 7.89. The van der Waals surface area contributed by atoms with Gasteiger partial charge in [0.15, 0.2) is 0 Å². The molecule has 1 heterocycles. The van der Waals surface area contributed by atoms with Crippen molar-refractivity contribution in [1.29, 1.82) is 0 Å². The minimum atomic E-state index is -0.135. The van der Waals surface area contributed by atoms with Gasteiger partial charge in [0.25, 0.3) is 0 Å². The van der Waals surface area contributed by atoms with Gasteiger partial charge in [-0.2, -0.15) is 0 Å². The molecule has 2 rings (SSSR count). The molecular weight excluding hydrogens is 338 g/mol. The first-order chi connectivity index (χ1) is 12.8. The highest BCUT2D eigenvalue weighted by atomic mass is 16.2. The number of rotatable bonds is 7. The minimum Gasteiger partial charge on any atom is -0.330 e. The first-order valence-electron chi connectivity index (χ1n) is 10.2. The summed E-state index contributed by atoms with van der Waals surface area (Å²) >= 11 is 0. The van der Waals surface area contributed by atoms with Crippen LogP contribution in [0.2, 0.25) is 0 Å².